The van der Waals surface area contributed by atoms with E-state index >= 15 is 0 Å². The lowest BCUT2D eigenvalue weighted by Crippen LogP contribution is -2.58. The molecule has 2 aliphatic heterocycles. The van der Waals surface area contributed by atoms with Gasteiger partial charge in [-0.1, -0.05) is 22.8 Å². The zero-order chi connectivity index (χ0) is 30.3. The van der Waals surface area contributed by atoms with Crippen molar-refractivity contribution in [1.29, 1.82) is 0 Å². The fourth-order valence-corrected chi connectivity index (χ4v) is 5.28. The summed E-state index contributed by atoms with van der Waals surface area (Å²) in [6, 6.07) is 10.5. The van der Waals surface area contributed by atoms with Crippen LogP contribution in [-0.4, -0.2) is 66.7 Å². The SMILES string of the molecule is COc1ccc2cc1OCC(=O)N[C@@H]1CN(C(=O)CCc3cc(Cl)no3)CC[C@H]1Oc1cc(F)cc(c1)CNC(=O)CC2. The van der Waals surface area contributed by atoms with Gasteiger partial charge >= 0.3 is 0 Å². The molecule has 13 heteroatoms. The summed E-state index contributed by atoms with van der Waals surface area (Å²) in [5.41, 5.74) is 1.35. The molecular weight excluding hydrogens is 583 g/mol. The molecule has 0 saturated carbocycles. The fourth-order valence-electron chi connectivity index (χ4n) is 5.12. The van der Waals surface area contributed by atoms with Crippen molar-refractivity contribution >= 4 is 29.3 Å². The Morgan fingerprint density at radius 1 is 1.14 bits per heavy atom. The minimum absolute atomic E-state index is 0.118. The predicted molar refractivity (Wildman–Crippen MR) is 152 cm³/mol. The second kappa shape index (κ2) is 13.8. The van der Waals surface area contributed by atoms with E-state index in [-0.39, 0.29) is 55.3 Å². The van der Waals surface area contributed by atoms with E-state index in [0.29, 0.717) is 48.6 Å². The smallest absolute Gasteiger partial charge is 0.258 e. The lowest BCUT2D eigenvalue weighted by atomic mass is 10.0. The molecule has 1 fully saturated rings. The Hall–Kier alpha value is -4.32. The first-order valence-corrected chi connectivity index (χ1v) is 14.3. The molecule has 0 spiro atoms. The molecule has 2 atom stereocenters. The van der Waals surface area contributed by atoms with Crippen molar-refractivity contribution in [2.45, 2.75) is 50.8 Å². The molecule has 1 aromatic heterocycles. The first kappa shape index (κ1) is 30.1. The van der Waals surface area contributed by atoms with Gasteiger partial charge in [0, 0.05) is 57.5 Å². The number of hydrogen-bond acceptors (Lipinski definition) is 8. The van der Waals surface area contributed by atoms with Crippen molar-refractivity contribution in [3.8, 4) is 17.2 Å². The zero-order valence-electron chi connectivity index (χ0n) is 23.6. The number of amides is 3. The minimum atomic E-state index is -0.618. The third kappa shape index (κ3) is 8.16. The summed E-state index contributed by atoms with van der Waals surface area (Å²) in [4.78, 5) is 40.3. The molecule has 2 N–H and O–H groups in total. The van der Waals surface area contributed by atoms with Gasteiger partial charge in [0.15, 0.2) is 23.3 Å². The van der Waals surface area contributed by atoms with Crippen molar-refractivity contribution in [2.75, 3.05) is 26.8 Å². The van der Waals surface area contributed by atoms with Crippen LogP contribution in [0.5, 0.6) is 17.2 Å². The molecule has 5 rings (SSSR count). The largest absolute Gasteiger partial charge is 0.493 e. The van der Waals surface area contributed by atoms with Crippen LogP contribution in [-0.2, 0) is 33.8 Å². The van der Waals surface area contributed by atoms with Gasteiger partial charge in [-0.15, -0.1) is 0 Å². The summed E-state index contributed by atoms with van der Waals surface area (Å²) < 4.78 is 37.0. The Kier molecular flexibility index (Phi) is 9.65. The maximum Gasteiger partial charge on any atom is 0.258 e. The molecule has 3 aromatic rings. The van der Waals surface area contributed by atoms with Crippen molar-refractivity contribution in [3.05, 3.63) is 70.3 Å². The van der Waals surface area contributed by atoms with Gasteiger partial charge < -0.3 is 34.3 Å². The number of benzene rings is 2. The van der Waals surface area contributed by atoms with Gasteiger partial charge in [0.25, 0.3) is 5.91 Å². The van der Waals surface area contributed by atoms with Crippen molar-refractivity contribution < 1.29 is 37.5 Å². The number of nitrogens with one attached hydrogen (secondary N) is 2. The fraction of sp³-hybridized carbons (Fsp3) is 0.400. The van der Waals surface area contributed by atoms with Crippen LogP contribution in [0, 0.1) is 5.82 Å². The molecule has 11 nitrogen and oxygen atoms in total. The van der Waals surface area contributed by atoms with Gasteiger partial charge in [-0.25, -0.2) is 4.39 Å². The second-order valence-electron chi connectivity index (χ2n) is 10.4. The Morgan fingerprint density at radius 2 is 2.00 bits per heavy atom. The molecular formula is C30H32ClFN4O7. The van der Waals surface area contributed by atoms with Gasteiger partial charge in [0.05, 0.1) is 13.2 Å². The topological polar surface area (TPSA) is 132 Å². The van der Waals surface area contributed by atoms with Crippen LogP contribution >= 0.6 is 11.6 Å². The number of rotatable bonds is 4. The van der Waals surface area contributed by atoms with Crippen LogP contribution in [0.1, 0.15) is 36.1 Å². The number of likely N-dealkylation sites (tertiary alicyclic amines) is 1. The van der Waals surface area contributed by atoms with E-state index in [2.05, 4.69) is 15.8 Å². The minimum Gasteiger partial charge on any atom is -0.493 e. The Bertz CT molecular complexity index is 1480. The van der Waals surface area contributed by atoms with Crippen molar-refractivity contribution in [1.82, 2.24) is 20.7 Å². The lowest BCUT2D eigenvalue weighted by Gasteiger charge is -2.39. The van der Waals surface area contributed by atoms with Crippen LogP contribution in [0.25, 0.3) is 0 Å². The Balaban J connectivity index is 1.36. The number of nitrogens with zero attached hydrogens (tertiary/aromatic N) is 2. The number of halogens is 2. The van der Waals surface area contributed by atoms with Crippen LogP contribution in [0.2, 0.25) is 5.15 Å². The highest BCUT2D eigenvalue weighted by Gasteiger charge is 2.34. The summed E-state index contributed by atoms with van der Waals surface area (Å²) in [5, 5.41) is 9.61. The van der Waals surface area contributed by atoms with E-state index < -0.39 is 23.9 Å². The Labute approximate surface area is 252 Å². The van der Waals surface area contributed by atoms with Crippen LogP contribution in [0.4, 0.5) is 4.39 Å². The van der Waals surface area contributed by atoms with Crippen LogP contribution < -0.4 is 24.8 Å². The molecule has 2 aliphatic rings. The highest BCUT2D eigenvalue weighted by atomic mass is 35.5. The van der Waals surface area contributed by atoms with E-state index in [1.54, 1.807) is 29.2 Å². The maximum atomic E-state index is 14.5. The lowest BCUT2D eigenvalue weighted by molar-refractivity contribution is -0.135. The van der Waals surface area contributed by atoms with E-state index in [9.17, 15) is 18.8 Å². The average Bonchev–Trinajstić information content (AvgIpc) is 3.41. The summed E-state index contributed by atoms with van der Waals surface area (Å²) in [5.74, 6) is 0.272. The number of piperidine rings is 1. The van der Waals surface area contributed by atoms with E-state index in [1.165, 1.54) is 19.2 Å². The number of carbonyl (C=O) groups excluding carboxylic acids is 3. The van der Waals surface area contributed by atoms with E-state index in [0.717, 1.165) is 5.56 Å². The molecule has 4 bridgehead atoms. The number of methoxy groups -OCH3 is 1. The molecule has 43 heavy (non-hydrogen) atoms. The molecule has 0 radical (unpaired) electrons. The monoisotopic (exact) mass is 614 g/mol. The molecule has 3 amide bonds. The van der Waals surface area contributed by atoms with Crippen molar-refractivity contribution in [3.63, 3.8) is 0 Å². The van der Waals surface area contributed by atoms with Gasteiger partial charge in [0.1, 0.15) is 23.4 Å². The maximum absolute atomic E-state index is 14.5. The number of aryl methyl sites for hydroxylation is 2. The number of ether oxygens (including phenoxy) is 3. The molecule has 3 heterocycles. The number of fused-ring (bicyclic) bond motifs is 5. The molecule has 228 valence electrons. The second-order valence-corrected chi connectivity index (χ2v) is 10.8. The predicted octanol–water partition coefficient (Wildman–Crippen LogP) is 3.21. The summed E-state index contributed by atoms with van der Waals surface area (Å²) >= 11 is 5.80. The van der Waals surface area contributed by atoms with Gasteiger partial charge in [0.2, 0.25) is 11.8 Å². The van der Waals surface area contributed by atoms with Crippen molar-refractivity contribution in [2.24, 2.45) is 0 Å². The quantitative estimate of drug-likeness (QED) is 0.458. The third-order valence-corrected chi connectivity index (χ3v) is 7.48. The highest BCUT2D eigenvalue weighted by Crippen LogP contribution is 2.29. The summed E-state index contributed by atoms with van der Waals surface area (Å²) in [6.07, 6.45) is 0.925. The van der Waals surface area contributed by atoms with Gasteiger partial charge in [-0.3, -0.25) is 14.4 Å². The zero-order valence-corrected chi connectivity index (χ0v) is 24.3. The number of hydrogen-bond donors (Lipinski definition) is 2. The average molecular weight is 615 g/mol. The normalized spacial score (nSPS) is 19.5. The standard InChI is InChI=1S/C30H32ClFN4O7/c1-40-25-5-2-18-3-6-28(37)33-15-19-10-20(32)13-22(11-19)42-24-8-9-36(30(39)7-4-21-14-27(31)35-43-21)16-23(24)34-29(38)17-41-26(25)12-18/h2,5,10-14,23-24H,3-4,6-9,15-17H2,1H3,(H,33,37)(H,34,38)/t23-,24-/m1/s1. The van der Waals surface area contributed by atoms with E-state index in [1.807, 2.05) is 6.07 Å². The molecule has 0 unspecified atom stereocenters. The van der Waals surface area contributed by atoms with E-state index in [4.69, 9.17) is 30.3 Å². The number of carbonyl (C=O) groups is 3. The number of aromatic nitrogens is 1. The molecule has 0 aliphatic carbocycles. The first-order valence-electron chi connectivity index (χ1n) is 14.0. The first-order chi connectivity index (χ1) is 20.7. The summed E-state index contributed by atoms with van der Waals surface area (Å²) in [6.45, 7) is 0.330. The van der Waals surface area contributed by atoms with Gasteiger partial charge in [-0.2, -0.15) is 0 Å². The third-order valence-electron chi connectivity index (χ3n) is 7.30. The van der Waals surface area contributed by atoms with Gasteiger partial charge in [-0.05, 0) is 41.8 Å². The highest BCUT2D eigenvalue weighted by molar-refractivity contribution is 6.29. The van der Waals surface area contributed by atoms with Crippen LogP contribution in [0.3, 0.4) is 0 Å². The summed E-state index contributed by atoms with van der Waals surface area (Å²) in [7, 11) is 1.50. The van der Waals surface area contributed by atoms with Crippen LogP contribution in [0.15, 0.2) is 47.0 Å². The molecule has 1 saturated heterocycles. The molecule has 2 aromatic carbocycles. The Morgan fingerprint density at radius 3 is 2.79 bits per heavy atom.